The summed E-state index contributed by atoms with van der Waals surface area (Å²) in [4.78, 5) is 23.0. The summed E-state index contributed by atoms with van der Waals surface area (Å²) in [5.74, 6) is -4.53. The number of carboxylic acid groups (broad SMARTS) is 2. The van der Waals surface area contributed by atoms with Crippen molar-refractivity contribution in [3.8, 4) is 0 Å². The summed E-state index contributed by atoms with van der Waals surface area (Å²) in [7, 11) is 0. The Labute approximate surface area is 199 Å². The summed E-state index contributed by atoms with van der Waals surface area (Å²) < 4.78 is 75.8. The van der Waals surface area contributed by atoms with Crippen LogP contribution < -0.4 is 0 Å². The molecule has 14 heteroatoms. The molecule has 0 unspecified atom stereocenters. The van der Waals surface area contributed by atoms with E-state index in [2.05, 4.69) is 9.80 Å². The molecule has 0 aromatic rings. The second-order valence-corrected chi connectivity index (χ2v) is 8.98. The molecular weight excluding hydrogens is 490 g/mol. The highest BCUT2D eigenvalue weighted by atomic mass is 19.4. The molecule has 3 atom stereocenters. The molecule has 0 radical (unpaired) electrons. The van der Waals surface area contributed by atoms with Crippen molar-refractivity contribution in [2.45, 2.75) is 69.1 Å². The van der Waals surface area contributed by atoms with E-state index in [4.69, 9.17) is 29.3 Å². The third kappa shape index (κ3) is 10.5. The molecule has 0 aromatic heterocycles. The molecule has 0 bridgehead atoms. The maximum atomic E-state index is 10.6. The summed E-state index contributed by atoms with van der Waals surface area (Å²) in [6.07, 6.45) is -1.38. The second kappa shape index (κ2) is 13.1. The molecule has 2 heterocycles. The van der Waals surface area contributed by atoms with E-state index in [9.17, 15) is 26.3 Å². The Morgan fingerprint density at radius 1 is 0.886 bits per heavy atom. The Balaban J connectivity index is 0.000000257. The van der Waals surface area contributed by atoms with Crippen LogP contribution in [0.15, 0.2) is 0 Å². The van der Waals surface area contributed by atoms with Gasteiger partial charge in [0, 0.05) is 25.7 Å². The number of carbonyl (C=O) groups is 2. The van der Waals surface area contributed by atoms with Crippen LogP contribution in [0.2, 0.25) is 0 Å². The molecule has 4 fully saturated rings. The highest BCUT2D eigenvalue weighted by Gasteiger charge is 2.44. The van der Waals surface area contributed by atoms with Crippen LogP contribution in [0.5, 0.6) is 0 Å². The number of likely N-dealkylation sites (tertiary alicyclic amines) is 1. The van der Waals surface area contributed by atoms with Gasteiger partial charge in [-0.1, -0.05) is 0 Å². The van der Waals surface area contributed by atoms with Gasteiger partial charge in [-0.3, -0.25) is 4.90 Å². The lowest BCUT2D eigenvalue weighted by atomic mass is 10.1. The average molecular weight is 522 g/mol. The van der Waals surface area contributed by atoms with E-state index in [0.717, 1.165) is 32.2 Å². The average Bonchev–Trinajstić information content (AvgIpc) is 3.24. The zero-order valence-corrected chi connectivity index (χ0v) is 19.2. The topological polar surface area (TPSA) is 99.5 Å². The van der Waals surface area contributed by atoms with Crippen molar-refractivity contribution < 1.29 is 55.6 Å². The van der Waals surface area contributed by atoms with Gasteiger partial charge in [-0.05, 0) is 57.5 Å². The van der Waals surface area contributed by atoms with E-state index < -0.39 is 24.3 Å². The number of rotatable bonds is 6. The van der Waals surface area contributed by atoms with Crippen LogP contribution in [-0.4, -0.2) is 108 Å². The minimum Gasteiger partial charge on any atom is -0.475 e. The molecule has 4 rings (SSSR count). The Morgan fingerprint density at radius 2 is 1.43 bits per heavy atom. The van der Waals surface area contributed by atoms with E-state index in [0.29, 0.717) is 18.2 Å². The summed E-state index contributed by atoms with van der Waals surface area (Å²) in [6.45, 7) is 7.89. The molecule has 0 aromatic carbocycles. The monoisotopic (exact) mass is 522 g/mol. The van der Waals surface area contributed by atoms with E-state index in [-0.39, 0.29) is 0 Å². The number of fused-ring (bicyclic) bond motifs is 1. The molecule has 4 aliphatic rings. The number of morpholine rings is 1. The van der Waals surface area contributed by atoms with Crippen LogP contribution in [0.1, 0.15) is 38.5 Å². The first kappa shape index (κ1) is 29.6. The SMILES string of the molecule is C1CCN(CCO[C@@H]2CC[C@H]3[C@H]2OCCN3CC2CC2)C1.O=C(O)C(F)(F)F.O=C(O)C(F)(F)F. The maximum Gasteiger partial charge on any atom is 0.490 e. The summed E-state index contributed by atoms with van der Waals surface area (Å²) in [6, 6.07) is 0.635. The lowest BCUT2D eigenvalue weighted by Gasteiger charge is -2.39. The van der Waals surface area contributed by atoms with Crippen molar-refractivity contribution >= 4 is 11.9 Å². The van der Waals surface area contributed by atoms with Gasteiger partial charge in [-0.2, -0.15) is 26.3 Å². The zero-order chi connectivity index (χ0) is 26.2. The van der Waals surface area contributed by atoms with Crippen LogP contribution in [0.25, 0.3) is 0 Å². The first-order valence-electron chi connectivity index (χ1n) is 11.6. The van der Waals surface area contributed by atoms with Crippen LogP contribution >= 0.6 is 0 Å². The van der Waals surface area contributed by atoms with E-state index >= 15 is 0 Å². The normalized spacial score (nSPS) is 27.3. The van der Waals surface area contributed by atoms with Gasteiger partial charge in [-0.25, -0.2) is 9.59 Å². The molecule has 2 saturated carbocycles. The molecule has 2 N–H and O–H groups in total. The quantitative estimate of drug-likeness (QED) is 0.514. The van der Waals surface area contributed by atoms with Gasteiger partial charge in [0.15, 0.2) is 0 Å². The minimum atomic E-state index is -5.08. The fraction of sp³-hybridized carbons (Fsp3) is 0.905. The molecule has 0 spiro atoms. The van der Waals surface area contributed by atoms with Gasteiger partial charge in [0.05, 0.1) is 25.4 Å². The third-order valence-electron chi connectivity index (χ3n) is 6.26. The highest BCUT2D eigenvalue weighted by molar-refractivity contribution is 5.73. The number of hydrogen-bond acceptors (Lipinski definition) is 6. The van der Waals surface area contributed by atoms with Gasteiger partial charge < -0.3 is 24.6 Å². The highest BCUT2D eigenvalue weighted by Crippen LogP contribution is 2.36. The summed E-state index contributed by atoms with van der Waals surface area (Å²) in [5.41, 5.74) is 0. The van der Waals surface area contributed by atoms with Crippen molar-refractivity contribution in [3.63, 3.8) is 0 Å². The van der Waals surface area contributed by atoms with Crippen molar-refractivity contribution in [3.05, 3.63) is 0 Å². The van der Waals surface area contributed by atoms with Crippen LogP contribution in [-0.2, 0) is 19.1 Å². The number of nitrogens with zero attached hydrogens (tertiary/aromatic N) is 2. The predicted molar refractivity (Wildman–Crippen MR) is 110 cm³/mol. The first-order chi connectivity index (χ1) is 16.3. The first-order valence-corrected chi connectivity index (χ1v) is 11.6. The van der Waals surface area contributed by atoms with Gasteiger partial charge in [0.25, 0.3) is 0 Å². The van der Waals surface area contributed by atoms with Gasteiger partial charge in [-0.15, -0.1) is 0 Å². The molecule has 8 nitrogen and oxygen atoms in total. The zero-order valence-electron chi connectivity index (χ0n) is 19.2. The second-order valence-electron chi connectivity index (χ2n) is 8.98. The Kier molecular flexibility index (Phi) is 11.0. The van der Waals surface area contributed by atoms with Crippen LogP contribution in [0.3, 0.4) is 0 Å². The molecule has 2 saturated heterocycles. The smallest absolute Gasteiger partial charge is 0.475 e. The van der Waals surface area contributed by atoms with Gasteiger partial charge >= 0.3 is 24.3 Å². The Morgan fingerprint density at radius 3 is 1.91 bits per heavy atom. The predicted octanol–water partition coefficient (Wildman–Crippen LogP) is 3.01. The molecule has 2 aliphatic heterocycles. The largest absolute Gasteiger partial charge is 0.490 e. The molecule has 35 heavy (non-hydrogen) atoms. The van der Waals surface area contributed by atoms with Gasteiger partial charge in [0.1, 0.15) is 0 Å². The number of carboxylic acids is 2. The number of ether oxygens (including phenoxy) is 2. The molecular formula is C21H32F6N2O6. The molecule has 204 valence electrons. The van der Waals surface area contributed by atoms with Crippen molar-refractivity contribution in [1.29, 1.82) is 0 Å². The summed E-state index contributed by atoms with van der Waals surface area (Å²) in [5, 5.41) is 14.2. The fourth-order valence-corrected chi connectivity index (χ4v) is 4.37. The Bertz CT molecular complexity index is 658. The van der Waals surface area contributed by atoms with Crippen molar-refractivity contribution in [1.82, 2.24) is 9.80 Å². The van der Waals surface area contributed by atoms with Gasteiger partial charge in [0.2, 0.25) is 0 Å². The summed E-state index contributed by atoms with van der Waals surface area (Å²) >= 11 is 0. The standard InChI is InChI=1S/C17H30N2O2.2C2HF3O2/c1-2-8-18(7-1)9-11-20-16-6-5-15-17(16)21-12-10-19(15)13-14-3-4-14;2*3-2(4,5)1(6)7/h14-17H,1-13H2;2*(H,6,7)/t15-,16+,17+;;/m0../s1. The lowest BCUT2D eigenvalue weighted by molar-refractivity contribution is -0.193. The van der Waals surface area contributed by atoms with E-state index in [1.54, 1.807) is 0 Å². The number of hydrogen-bond donors (Lipinski definition) is 2. The van der Waals surface area contributed by atoms with Crippen LogP contribution in [0, 0.1) is 5.92 Å². The third-order valence-corrected chi connectivity index (χ3v) is 6.26. The minimum absolute atomic E-state index is 0.344. The lowest BCUT2D eigenvalue weighted by Crippen LogP contribution is -2.52. The van der Waals surface area contributed by atoms with Crippen molar-refractivity contribution in [2.24, 2.45) is 5.92 Å². The molecule has 2 aliphatic carbocycles. The van der Waals surface area contributed by atoms with E-state index in [1.165, 1.54) is 58.2 Å². The maximum absolute atomic E-state index is 10.6. The van der Waals surface area contributed by atoms with Crippen molar-refractivity contribution in [2.75, 3.05) is 45.9 Å². The number of alkyl halides is 6. The molecule has 0 amide bonds. The number of aliphatic carboxylic acids is 2. The fourth-order valence-electron chi connectivity index (χ4n) is 4.37. The van der Waals surface area contributed by atoms with Crippen LogP contribution in [0.4, 0.5) is 26.3 Å². The Hall–Kier alpha value is -1.64. The van der Waals surface area contributed by atoms with E-state index in [1.807, 2.05) is 0 Å². The number of halogens is 6.